The van der Waals surface area contributed by atoms with Crippen molar-refractivity contribution in [3.05, 3.63) is 29.8 Å². The lowest BCUT2D eigenvalue weighted by molar-refractivity contribution is 0.0900. The van der Waals surface area contributed by atoms with Crippen LogP contribution in [0.15, 0.2) is 24.3 Å². The zero-order valence-electron chi connectivity index (χ0n) is 12.3. The Morgan fingerprint density at radius 1 is 1.25 bits per heavy atom. The first-order chi connectivity index (χ1) is 9.57. The number of nitrogens with one attached hydrogen (secondary N) is 2. The topological polar surface area (TPSA) is 70.4 Å². The van der Waals surface area contributed by atoms with Crippen molar-refractivity contribution in [1.82, 2.24) is 10.2 Å². The maximum atomic E-state index is 12.2. The fraction of sp³-hybridized carbons (Fsp3) is 0.533. The number of hydrazine groups is 1. The first-order valence-corrected chi connectivity index (χ1v) is 7.10. The number of amides is 1. The second-order valence-electron chi connectivity index (χ2n) is 5.73. The number of rotatable bonds is 5. The van der Waals surface area contributed by atoms with Gasteiger partial charge in [-0.15, -0.1) is 0 Å². The molecule has 2 rings (SSSR count). The Hall–Kier alpha value is -1.59. The van der Waals surface area contributed by atoms with E-state index in [9.17, 15) is 4.79 Å². The highest BCUT2D eigenvalue weighted by atomic mass is 16.1. The number of benzene rings is 1. The van der Waals surface area contributed by atoms with Crippen LogP contribution in [0.2, 0.25) is 0 Å². The molecule has 110 valence electrons. The van der Waals surface area contributed by atoms with Gasteiger partial charge in [0.25, 0.3) is 5.91 Å². The van der Waals surface area contributed by atoms with Gasteiger partial charge in [0.1, 0.15) is 0 Å². The molecule has 5 nitrogen and oxygen atoms in total. The van der Waals surface area contributed by atoms with Crippen LogP contribution in [0.1, 0.15) is 36.0 Å². The summed E-state index contributed by atoms with van der Waals surface area (Å²) < 4.78 is 0. The Labute approximate surface area is 120 Å². The molecule has 4 N–H and O–H groups in total. The van der Waals surface area contributed by atoms with Gasteiger partial charge in [-0.3, -0.25) is 10.6 Å². The summed E-state index contributed by atoms with van der Waals surface area (Å²) in [7, 11) is 4.19. The summed E-state index contributed by atoms with van der Waals surface area (Å²) in [5, 5.41) is 3.07. The molecule has 1 aromatic carbocycles. The molecule has 0 aliphatic heterocycles. The van der Waals surface area contributed by atoms with Crippen molar-refractivity contribution in [3.8, 4) is 0 Å². The van der Waals surface area contributed by atoms with Crippen LogP contribution in [0.3, 0.4) is 0 Å². The Balaban J connectivity index is 1.97. The van der Waals surface area contributed by atoms with Crippen molar-refractivity contribution < 1.29 is 4.79 Å². The van der Waals surface area contributed by atoms with Crippen LogP contribution >= 0.6 is 0 Å². The number of likely N-dealkylation sites (N-methyl/N-ethyl adjacent to an activating group) is 1. The molecule has 1 aromatic rings. The van der Waals surface area contributed by atoms with E-state index in [-0.39, 0.29) is 11.4 Å². The number of nitrogens with zero attached hydrogens (tertiary/aromatic N) is 1. The molecule has 1 aliphatic carbocycles. The van der Waals surface area contributed by atoms with E-state index < -0.39 is 0 Å². The highest BCUT2D eigenvalue weighted by Crippen LogP contribution is 2.33. The van der Waals surface area contributed by atoms with Gasteiger partial charge in [0.05, 0.1) is 0 Å². The summed E-state index contributed by atoms with van der Waals surface area (Å²) >= 11 is 0. The summed E-state index contributed by atoms with van der Waals surface area (Å²) in [6.07, 6.45) is 4.78. The molecule has 0 unspecified atom stereocenters. The van der Waals surface area contributed by atoms with E-state index in [0.717, 1.165) is 18.5 Å². The molecule has 0 spiro atoms. The van der Waals surface area contributed by atoms with E-state index in [4.69, 9.17) is 5.84 Å². The van der Waals surface area contributed by atoms with E-state index in [1.807, 2.05) is 0 Å². The van der Waals surface area contributed by atoms with E-state index in [0.29, 0.717) is 12.1 Å². The average molecular weight is 276 g/mol. The van der Waals surface area contributed by atoms with E-state index in [1.165, 1.54) is 12.8 Å². The number of carbonyl (C=O) groups is 1. The van der Waals surface area contributed by atoms with Gasteiger partial charge in [0, 0.05) is 23.3 Å². The number of nitrogen functional groups attached to an aromatic ring is 1. The molecule has 0 saturated heterocycles. The molecule has 0 heterocycles. The van der Waals surface area contributed by atoms with Gasteiger partial charge in [-0.25, -0.2) is 0 Å². The average Bonchev–Trinajstić information content (AvgIpc) is 2.95. The van der Waals surface area contributed by atoms with E-state index >= 15 is 0 Å². The first kappa shape index (κ1) is 14.8. The van der Waals surface area contributed by atoms with Crippen molar-refractivity contribution >= 4 is 11.6 Å². The van der Waals surface area contributed by atoms with Gasteiger partial charge < -0.3 is 15.6 Å². The number of hydrogen-bond acceptors (Lipinski definition) is 4. The number of anilines is 1. The lowest BCUT2D eigenvalue weighted by Crippen LogP contribution is -2.50. The minimum absolute atomic E-state index is 0.0262. The summed E-state index contributed by atoms with van der Waals surface area (Å²) in [4.78, 5) is 14.4. The highest BCUT2D eigenvalue weighted by molar-refractivity contribution is 5.94. The molecule has 1 saturated carbocycles. The lowest BCUT2D eigenvalue weighted by Gasteiger charge is -2.36. The van der Waals surface area contributed by atoms with Crippen molar-refractivity contribution in [1.29, 1.82) is 0 Å². The summed E-state index contributed by atoms with van der Waals surface area (Å²) in [5.74, 6) is 5.29. The smallest absolute Gasteiger partial charge is 0.251 e. The van der Waals surface area contributed by atoms with Crippen molar-refractivity contribution in [2.45, 2.75) is 31.2 Å². The fourth-order valence-electron chi connectivity index (χ4n) is 2.88. The summed E-state index contributed by atoms with van der Waals surface area (Å²) in [5.41, 5.74) is 4.13. The number of hydrogen-bond donors (Lipinski definition) is 3. The fourth-order valence-corrected chi connectivity index (χ4v) is 2.88. The van der Waals surface area contributed by atoms with Crippen molar-refractivity contribution in [3.63, 3.8) is 0 Å². The minimum atomic E-state index is -0.0262. The second-order valence-corrected chi connectivity index (χ2v) is 5.73. The van der Waals surface area contributed by atoms with Crippen LogP contribution in [-0.2, 0) is 0 Å². The normalized spacial score (nSPS) is 17.2. The van der Waals surface area contributed by atoms with Crippen LogP contribution in [0.4, 0.5) is 5.69 Å². The van der Waals surface area contributed by atoms with Crippen LogP contribution < -0.4 is 16.6 Å². The molecule has 0 radical (unpaired) electrons. The van der Waals surface area contributed by atoms with Gasteiger partial charge in [0.2, 0.25) is 0 Å². The van der Waals surface area contributed by atoms with E-state index in [1.54, 1.807) is 24.3 Å². The van der Waals surface area contributed by atoms with Crippen LogP contribution in [0.5, 0.6) is 0 Å². The third-order valence-corrected chi connectivity index (χ3v) is 4.37. The summed E-state index contributed by atoms with van der Waals surface area (Å²) in [6, 6.07) is 7.15. The molecule has 5 heteroatoms. The maximum Gasteiger partial charge on any atom is 0.251 e. The maximum absolute atomic E-state index is 12.2. The molecule has 0 atom stereocenters. The number of nitrogens with two attached hydrogens (primary N) is 1. The predicted molar refractivity (Wildman–Crippen MR) is 81.5 cm³/mol. The van der Waals surface area contributed by atoms with Gasteiger partial charge in [-0.1, -0.05) is 12.8 Å². The Morgan fingerprint density at radius 3 is 2.35 bits per heavy atom. The third-order valence-electron chi connectivity index (χ3n) is 4.37. The lowest BCUT2D eigenvalue weighted by atomic mass is 9.96. The molecule has 1 amide bonds. The Kier molecular flexibility index (Phi) is 4.62. The first-order valence-electron chi connectivity index (χ1n) is 7.10. The van der Waals surface area contributed by atoms with Crippen LogP contribution in [0.25, 0.3) is 0 Å². The van der Waals surface area contributed by atoms with E-state index in [2.05, 4.69) is 29.7 Å². The third kappa shape index (κ3) is 3.11. The van der Waals surface area contributed by atoms with Gasteiger partial charge >= 0.3 is 0 Å². The van der Waals surface area contributed by atoms with Gasteiger partial charge in [0.15, 0.2) is 0 Å². The molecule has 0 bridgehead atoms. The SMILES string of the molecule is CN(C)C1(CNC(=O)c2ccc(NN)cc2)CCCC1. The predicted octanol–water partition coefficient (Wildman–Crippen LogP) is 1.58. The molecular weight excluding hydrogens is 252 g/mol. The van der Waals surface area contributed by atoms with Crippen LogP contribution in [-0.4, -0.2) is 37.0 Å². The standard InChI is InChI=1S/C15H24N4O/c1-19(2)15(9-3-4-10-15)11-17-14(20)12-5-7-13(18-16)8-6-12/h5-8,18H,3-4,9-11,16H2,1-2H3,(H,17,20). The molecule has 1 aliphatic rings. The monoisotopic (exact) mass is 276 g/mol. The molecular formula is C15H24N4O. The van der Waals surface area contributed by atoms with Crippen molar-refractivity contribution in [2.75, 3.05) is 26.1 Å². The zero-order chi connectivity index (χ0) is 14.6. The Bertz CT molecular complexity index is 449. The zero-order valence-corrected chi connectivity index (χ0v) is 12.3. The summed E-state index contributed by atoms with van der Waals surface area (Å²) in [6.45, 7) is 0.704. The molecule has 20 heavy (non-hydrogen) atoms. The Morgan fingerprint density at radius 2 is 1.85 bits per heavy atom. The molecule has 1 fully saturated rings. The largest absolute Gasteiger partial charge is 0.350 e. The van der Waals surface area contributed by atoms with Gasteiger partial charge in [-0.05, 0) is 51.2 Å². The quantitative estimate of drug-likeness (QED) is 0.564. The van der Waals surface area contributed by atoms with Crippen molar-refractivity contribution in [2.24, 2.45) is 5.84 Å². The van der Waals surface area contributed by atoms with Gasteiger partial charge in [-0.2, -0.15) is 0 Å². The van der Waals surface area contributed by atoms with Crippen LogP contribution in [0, 0.1) is 0 Å². The minimum Gasteiger partial charge on any atom is -0.350 e. The highest BCUT2D eigenvalue weighted by Gasteiger charge is 2.36. The second kappa shape index (κ2) is 6.24. The molecule has 0 aromatic heterocycles. The number of carbonyl (C=O) groups excluding carboxylic acids is 1.